The molecule has 2 aromatic carbocycles. The van der Waals surface area contributed by atoms with Crippen LogP contribution in [-0.2, 0) is 4.79 Å². The van der Waals surface area contributed by atoms with Crippen molar-refractivity contribution in [2.24, 2.45) is 0 Å². The molecule has 3 rings (SSSR count). The topological polar surface area (TPSA) is 55.1 Å². The van der Waals surface area contributed by atoms with Gasteiger partial charge < -0.3 is 9.73 Å². The summed E-state index contributed by atoms with van der Waals surface area (Å²) in [6.45, 7) is 1.68. The van der Waals surface area contributed by atoms with Gasteiger partial charge in [-0.1, -0.05) is 18.2 Å². The van der Waals surface area contributed by atoms with Gasteiger partial charge in [0.25, 0.3) is 0 Å². The highest BCUT2D eigenvalue weighted by atomic mass is 19.2. The van der Waals surface area contributed by atoms with Crippen LogP contribution in [0.15, 0.2) is 53.0 Å². The summed E-state index contributed by atoms with van der Waals surface area (Å²) in [5.74, 6) is -1.95. The van der Waals surface area contributed by atoms with Gasteiger partial charge in [-0.3, -0.25) is 4.79 Å². The van der Waals surface area contributed by atoms with Gasteiger partial charge in [0.05, 0.1) is 6.04 Å². The first kappa shape index (κ1) is 15.9. The Morgan fingerprint density at radius 3 is 2.75 bits per heavy atom. The largest absolute Gasteiger partial charge is 0.437 e. The van der Waals surface area contributed by atoms with E-state index in [0.29, 0.717) is 22.6 Å². The third-order valence-electron chi connectivity index (χ3n) is 3.49. The molecule has 24 heavy (non-hydrogen) atoms. The van der Waals surface area contributed by atoms with Gasteiger partial charge in [0.2, 0.25) is 11.8 Å². The predicted molar refractivity (Wildman–Crippen MR) is 86.0 cm³/mol. The lowest BCUT2D eigenvalue weighted by molar-refractivity contribution is -0.117. The SMILES string of the molecule is CC(NC(=O)/C=C/c1nc2ccccc2o1)c1ccc(F)c(F)c1. The van der Waals surface area contributed by atoms with E-state index in [1.54, 1.807) is 19.1 Å². The number of aromatic nitrogens is 1. The Morgan fingerprint density at radius 2 is 2.00 bits per heavy atom. The number of nitrogens with zero attached hydrogens (tertiary/aromatic N) is 1. The van der Waals surface area contributed by atoms with Crippen molar-refractivity contribution >= 4 is 23.1 Å². The van der Waals surface area contributed by atoms with Crippen molar-refractivity contribution < 1.29 is 18.0 Å². The second-order valence-corrected chi connectivity index (χ2v) is 5.26. The molecule has 0 aliphatic heterocycles. The van der Waals surface area contributed by atoms with Crippen LogP contribution in [-0.4, -0.2) is 10.9 Å². The van der Waals surface area contributed by atoms with E-state index in [9.17, 15) is 13.6 Å². The molecule has 0 fully saturated rings. The maximum Gasteiger partial charge on any atom is 0.244 e. The normalized spacial score (nSPS) is 12.6. The average Bonchev–Trinajstić information content (AvgIpc) is 2.98. The molecule has 3 aromatic rings. The van der Waals surface area contributed by atoms with Crippen LogP contribution in [0, 0.1) is 11.6 Å². The van der Waals surface area contributed by atoms with Crippen LogP contribution in [0.5, 0.6) is 0 Å². The lowest BCUT2D eigenvalue weighted by Crippen LogP contribution is -2.24. The van der Waals surface area contributed by atoms with Gasteiger partial charge >= 0.3 is 0 Å². The number of hydrogen-bond donors (Lipinski definition) is 1. The minimum absolute atomic E-state index is 0.312. The van der Waals surface area contributed by atoms with Gasteiger partial charge in [-0.2, -0.15) is 0 Å². The lowest BCUT2D eigenvalue weighted by atomic mass is 10.1. The number of fused-ring (bicyclic) bond motifs is 1. The number of carbonyl (C=O) groups excluding carboxylic acids is 1. The molecule has 0 aliphatic rings. The highest BCUT2D eigenvalue weighted by Gasteiger charge is 2.11. The molecule has 1 heterocycles. The van der Waals surface area contributed by atoms with Gasteiger partial charge in [-0.05, 0) is 36.8 Å². The number of hydrogen-bond acceptors (Lipinski definition) is 3. The number of amides is 1. The zero-order valence-electron chi connectivity index (χ0n) is 12.8. The molecule has 1 amide bonds. The van der Waals surface area contributed by atoms with Gasteiger partial charge in [0.1, 0.15) is 5.52 Å². The number of rotatable bonds is 4. The second-order valence-electron chi connectivity index (χ2n) is 5.26. The molecule has 6 heteroatoms. The zero-order chi connectivity index (χ0) is 17.1. The van der Waals surface area contributed by atoms with Crippen molar-refractivity contribution in [2.75, 3.05) is 0 Å². The maximum absolute atomic E-state index is 13.2. The van der Waals surface area contributed by atoms with E-state index in [-0.39, 0.29) is 0 Å². The second kappa shape index (κ2) is 6.62. The first-order chi connectivity index (χ1) is 11.5. The number of benzene rings is 2. The Kier molecular flexibility index (Phi) is 4.37. The van der Waals surface area contributed by atoms with Crippen LogP contribution in [0.4, 0.5) is 8.78 Å². The Labute approximate surface area is 136 Å². The van der Waals surface area contributed by atoms with Crippen molar-refractivity contribution in [3.63, 3.8) is 0 Å². The number of para-hydroxylation sites is 2. The molecule has 0 radical (unpaired) electrons. The Morgan fingerprint density at radius 1 is 1.21 bits per heavy atom. The summed E-state index contributed by atoms with van der Waals surface area (Å²) in [5, 5.41) is 2.66. The smallest absolute Gasteiger partial charge is 0.244 e. The summed E-state index contributed by atoms with van der Waals surface area (Å²) in [4.78, 5) is 16.2. The van der Waals surface area contributed by atoms with E-state index in [0.717, 1.165) is 12.1 Å². The first-order valence-corrected chi connectivity index (χ1v) is 7.32. The highest BCUT2D eigenvalue weighted by molar-refractivity contribution is 5.91. The fourth-order valence-corrected chi connectivity index (χ4v) is 2.23. The molecule has 1 aromatic heterocycles. The summed E-state index contributed by atoms with van der Waals surface area (Å²) in [7, 11) is 0. The third kappa shape index (κ3) is 3.48. The molecule has 1 unspecified atom stereocenters. The first-order valence-electron chi connectivity index (χ1n) is 7.32. The van der Waals surface area contributed by atoms with E-state index in [2.05, 4.69) is 10.3 Å². The van der Waals surface area contributed by atoms with Gasteiger partial charge in [-0.15, -0.1) is 0 Å². The van der Waals surface area contributed by atoms with Gasteiger partial charge in [0.15, 0.2) is 17.2 Å². The standard InChI is InChI=1S/C18H14F2N2O2/c1-11(12-6-7-13(19)14(20)10-12)21-17(23)8-9-18-22-15-4-2-3-5-16(15)24-18/h2-11H,1H3,(H,21,23)/b9-8+. The Bertz CT molecular complexity index is 885. The molecule has 0 spiro atoms. The zero-order valence-corrected chi connectivity index (χ0v) is 12.8. The molecule has 0 aliphatic carbocycles. The lowest BCUT2D eigenvalue weighted by Gasteiger charge is -2.13. The number of oxazole rings is 1. The van der Waals surface area contributed by atoms with Gasteiger partial charge in [-0.25, -0.2) is 13.8 Å². The number of halogens is 2. The minimum atomic E-state index is -0.949. The molecular formula is C18H14F2N2O2. The third-order valence-corrected chi connectivity index (χ3v) is 3.49. The van der Waals surface area contributed by atoms with E-state index in [1.807, 2.05) is 12.1 Å². The summed E-state index contributed by atoms with van der Waals surface area (Å²) in [6.07, 6.45) is 2.73. The molecule has 122 valence electrons. The summed E-state index contributed by atoms with van der Waals surface area (Å²) >= 11 is 0. The molecule has 0 bridgehead atoms. The van der Waals surface area contributed by atoms with E-state index < -0.39 is 23.6 Å². The molecule has 1 atom stereocenters. The Balaban J connectivity index is 1.66. The predicted octanol–water partition coefficient (Wildman–Crippen LogP) is 4.00. The van der Waals surface area contributed by atoms with E-state index in [1.165, 1.54) is 18.2 Å². The molecular weight excluding hydrogens is 314 g/mol. The monoisotopic (exact) mass is 328 g/mol. The van der Waals surface area contributed by atoms with E-state index in [4.69, 9.17) is 4.42 Å². The van der Waals surface area contributed by atoms with Crippen LogP contribution in [0.2, 0.25) is 0 Å². The molecule has 4 nitrogen and oxygen atoms in total. The summed E-state index contributed by atoms with van der Waals surface area (Å²) in [6, 6.07) is 10.3. The van der Waals surface area contributed by atoms with Crippen molar-refractivity contribution in [3.8, 4) is 0 Å². The molecule has 0 saturated carbocycles. The van der Waals surface area contributed by atoms with E-state index >= 15 is 0 Å². The van der Waals surface area contributed by atoms with Crippen LogP contribution in [0.25, 0.3) is 17.2 Å². The fourth-order valence-electron chi connectivity index (χ4n) is 2.23. The van der Waals surface area contributed by atoms with Crippen LogP contribution in [0.3, 0.4) is 0 Å². The number of carbonyl (C=O) groups is 1. The van der Waals surface area contributed by atoms with Crippen molar-refractivity contribution in [1.82, 2.24) is 10.3 Å². The summed E-state index contributed by atoms with van der Waals surface area (Å²) < 4.78 is 31.6. The van der Waals surface area contributed by atoms with Gasteiger partial charge in [0, 0.05) is 12.2 Å². The molecule has 0 saturated heterocycles. The van der Waals surface area contributed by atoms with Crippen LogP contribution < -0.4 is 5.32 Å². The van der Waals surface area contributed by atoms with Crippen LogP contribution >= 0.6 is 0 Å². The maximum atomic E-state index is 13.2. The Hall–Kier alpha value is -3.02. The average molecular weight is 328 g/mol. The van der Waals surface area contributed by atoms with Crippen LogP contribution in [0.1, 0.15) is 24.4 Å². The van der Waals surface area contributed by atoms with Crippen molar-refractivity contribution in [3.05, 3.63) is 71.6 Å². The highest BCUT2D eigenvalue weighted by Crippen LogP contribution is 2.17. The van der Waals surface area contributed by atoms with Crippen molar-refractivity contribution in [1.29, 1.82) is 0 Å². The minimum Gasteiger partial charge on any atom is -0.437 e. The molecule has 1 N–H and O–H groups in total. The summed E-state index contributed by atoms with van der Waals surface area (Å²) in [5.41, 5.74) is 1.80. The fraction of sp³-hybridized carbons (Fsp3) is 0.111. The number of nitrogens with one attached hydrogen (secondary N) is 1. The van der Waals surface area contributed by atoms with Crippen molar-refractivity contribution in [2.45, 2.75) is 13.0 Å². The quantitative estimate of drug-likeness (QED) is 0.737.